The summed E-state index contributed by atoms with van der Waals surface area (Å²) in [6.45, 7) is 4.05. The number of para-hydroxylation sites is 1. The van der Waals surface area contributed by atoms with Gasteiger partial charge in [0.1, 0.15) is 5.01 Å². The molecule has 5 nitrogen and oxygen atoms in total. The molecule has 0 spiro atoms. The molecule has 0 bridgehead atoms. The highest BCUT2D eigenvalue weighted by Crippen LogP contribution is 2.24. The lowest BCUT2D eigenvalue weighted by atomic mass is 10.2. The van der Waals surface area contributed by atoms with E-state index < -0.39 is 6.10 Å². The van der Waals surface area contributed by atoms with Crippen molar-refractivity contribution in [1.29, 1.82) is 0 Å². The predicted molar refractivity (Wildman–Crippen MR) is 81.2 cm³/mol. The Balaban J connectivity index is 1.72. The van der Waals surface area contributed by atoms with Crippen LogP contribution in [0.3, 0.4) is 0 Å². The smallest absolute Gasteiger partial charge is 0.336 e. The molecule has 1 saturated heterocycles. The van der Waals surface area contributed by atoms with Crippen LogP contribution in [-0.4, -0.2) is 48.3 Å². The minimum atomic E-state index is -0.506. The number of thiazole rings is 1. The molecular formula is C15H18N2O3S. The molecule has 21 heavy (non-hydrogen) atoms. The Bertz CT molecular complexity index is 610. The van der Waals surface area contributed by atoms with Gasteiger partial charge in [0.2, 0.25) is 0 Å². The number of nitrogens with zero attached hydrogens (tertiary/aromatic N) is 2. The molecule has 2 aromatic rings. The predicted octanol–water partition coefficient (Wildman–Crippen LogP) is 2.06. The maximum absolute atomic E-state index is 11.7. The van der Waals surface area contributed by atoms with Crippen molar-refractivity contribution >= 4 is 27.5 Å². The maximum Gasteiger partial charge on any atom is 0.336 e. The number of morpholine rings is 1. The fourth-order valence-electron chi connectivity index (χ4n) is 2.61. The topological polar surface area (TPSA) is 51.7 Å². The summed E-state index contributed by atoms with van der Waals surface area (Å²) in [5, 5.41) is 1.06. The van der Waals surface area contributed by atoms with Crippen molar-refractivity contribution < 1.29 is 14.3 Å². The highest BCUT2D eigenvalue weighted by molar-refractivity contribution is 7.18. The molecule has 0 N–H and O–H groups in total. The van der Waals surface area contributed by atoms with Crippen LogP contribution in [0.25, 0.3) is 10.2 Å². The first kappa shape index (κ1) is 14.4. The second-order valence-corrected chi connectivity index (χ2v) is 6.34. The van der Waals surface area contributed by atoms with Crippen molar-refractivity contribution in [3.8, 4) is 0 Å². The lowest BCUT2D eigenvalue weighted by Crippen LogP contribution is -2.49. The fourth-order valence-corrected chi connectivity index (χ4v) is 3.62. The van der Waals surface area contributed by atoms with Gasteiger partial charge < -0.3 is 9.47 Å². The molecule has 1 aliphatic heterocycles. The summed E-state index contributed by atoms with van der Waals surface area (Å²) < 4.78 is 11.6. The summed E-state index contributed by atoms with van der Waals surface area (Å²) >= 11 is 1.70. The van der Waals surface area contributed by atoms with Gasteiger partial charge in [0.15, 0.2) is 6.10 Å². The van der Waals surface area contributed by atoms with E-state index in [0.29, 0.717) is 6.54 Å². The largest absolute Gasteiger partial charge is 0.467 e. The van der Waals surface area contributed by atoms with E-state index in [-0.39, 0.29) is 12.1 Å². The quantitative estimate of drug-likeness (QED) is 0.813. The second-order valence-electron chi connectivity index (χ2n) is 5.23. The van der Waals surface area contributed by atoms with Gasteiger partial charge in [0.25, 0.3) is 0 Å². The first-order valence-electron chi connectivity index (χ1n) is 6.96. The monoisotopic (exact) mass is 306 g/mol. The van der Waals surface area contributed by atoms with Crippen LogP contribution in [-0.2, 0) is 20.8 Å². The average molecular weight is 306 g/mol. The molecule has 0 amide bonds. The molecule has 3 rings (SSSR count). The van der Waals surface area contributed by atoms with E-state index in [0.717, 1.165) is 23.6 Å². The van der Waals surface area contributed by atoms with Gasteiger partial charge in [-0.05, 0) is 19.1 Å². The molecule has 1 aromatic heterocycles. The minimum Gasteiger partial charge on any atom is -0.467 e. The number of carbonyl (C=O) groups excluding carboxylic acids is 1. The highest BCUT2D eigenvalue weighted by atomic mass is 32.1. The number of methoxy groups -OCH3 is 1. The van der Waals surface area contributed by atoms with Crippen LogP contribution in [0.2, 0.25) is 0 Å². The Hall–Kier alpha value is -1.50. The summed E-state index contributed by atoms with van der Waals surface area (Å²) in [7, 11) is 1.39. The Morgan fingerprint density at radius 3 is 3.05 bits per heavy atom. The molecule has 6 heteroatoms. The van der Waals surface area contributed by atoms with E-state index in [1.807, 2.05) is 25.1 Å². The van der Waals surface area contributed by atoms with Crippen LogP contribution in [0.1, 0.15) is 11.9 Å². The maximum atomic E-state index is 11.7. The van der Waals surface area contributed by atoms with Crippen molar-refractivity contribution in [1.82, 2.24) is 9.88 Å². The normalized spacial score (nSPS) is 23.3. The Morgan fingerprint density at radius 2 is 2.29 bits per heavy atom. The number of ether oxygens (including phenoxy) is 2. The minimum absolute atomic E-state index is 0.0113. The number of hydrogen-bond acceptors (Lipinski definition) is 6. The van der Waals surface area contributed by atoms with Gasteiger partial charge in [-0.2, -0.15) is 0 Å². The average Bonchev–Trinajstić information content (AvgIpc) is 2.87. The van der Waals surface area contributed by atoms with E-state index in [4.69, 9.17) is 9.47 Å². The lowest BCUT2D eigenvalue weighted by molar-refractivity contribution is -0.166. The van der Waals surface area contributed by atoms with Gasteiger partial charge in [0, 0.05) is 13.1 Å². The Morgan fingerprint density at radius 1 is 1.48 bits per heavy atom. The molecule has 2 atom stereocenters. The second kappa shape index (κ2) is 6.09. The number of aromatic nitrogens is 1. The first-order chi connectivity index (χ1) is 10.2. The third-order valence-electron chi connectivity index (χ3n) is 3.50. The van der Waals surface area contributed by atoms with Crippen molar-refractivity contribution in [2.24, 2.45) is 0 Å². The third kappa shape index (κ3) is 3.23. The first-order valence-corrected chi connectivity index (χ1v) is 7.77. The van der Waals surface area contributed by atoms with Crippen LogP contribution >= 0.6 is 11.3 Å². The molecule has 112 valence electrons. The molecule has 1 aliphatic rings. The Labute approximate surface area is 127 Å². The lowest BCUT2D eigenvalue weighted by Gasteiger charge is -2.34. The SMILES string of the molecule is COC(=O)[C@@H]1CN(Cc2nc3ccccc3s2)C[C@@H](C)O1. The van der Waals surface area contributed by atoms with E-state index in [1.54, 1.807) is 11.3 Å². The van der Waals surface area contributed by atoms with Crippen molar-refractivity contribution in [2.45, 2.75) is 25.7 Å². The summed E-state index contributed by atoms with van der Waals surface area (Å²) in [6, 6.07) is 8.12. The van der Waals surface area contributed by atoms with E-state index in [9.17, 15) is 4.79 Å². The number of fused-ring (bicyclic) bond motifs is 1. The molecule has 0 radical (unpaired) electrons. The van der Waals surface area contributed by atoms with Gasteiger partial charge in [-0.1, -0.05) is 12.1 Å². The molecule has 0 unspecified atom stereocenters. The number of rotatable bonds is 3. The van der Waals surface area contributed by atoms with Gasteiger partial charge >= 0.3 is 5.97 Å². The van der Waals surface area contributed by atoms with E-state index in [2.05, 4.69) is 16.0 Å². The zero-order chi connectivity index (χ0) is 14.8. The number of carbonyl (C=O) groups is 1. The Kier molecular flexibility index (Phi) is 4.19. The van der Waals surface area contributed by atoms with Gasteiger partial charge in [-0.3, -0.25) is 4.90 Å². The van der Waals surface area contributed by atoms with Crippen LogP contribution < -0.4 is 0 Å². The molecular weight excluding hydrogens is 288 g/mol. The van der Waals surface area contributed by atoms with Crippen molar-refractivity contribution in [3.05, 3.63) is 29.3 Å². The van der Waals surface area contributed by atoms with Gasteiger partial charge in [-0.15, -0.1) is 11.3 Å². The van der Waals surface area contributed by atoms with E-state index in [1.165, 1.54) is 11.8 Å². The highest BCUT2D eigenvalue weighted by Gasteiger charge is 2.31. The number of esters is 1. The molecule has 0 aliphatic carbocycles. The number of benzene rings is 1. The zero-order valence-corrected chi connectivity index (χ0v) is 12.9. The molecule has 1 fully saturated rings. The summed E-state index contributed by atoms with van der Waals surface area (Å²) in [4.78, 5) is 18.5. The van der Waals surface area contributed by atoms with Gasteiger partial charge in [-0.25, -0.2) is 9.78 Å². The summed E-state index contributed by atoms with van der Waals surface area (Å²) in [5.74, 6) is -0.309. The van der Waals surface area contributed by atoms with Crippen LogP contribution in [0.15, 0.2) is 24.3 Å². The zero-order valence-electron chi connectivity index (χ0n) is 12.1. The summed E-state index contributed by atoms with van der Waals surface area (Å²) in [5.41, 5.74) is 1.03. The van der Waals surface area contributed by atoms with E-state index >= 15 is 0 Å². The summed E-state index contributed by atoms with van der Waals surface area (Å²) in [6.07, 6.45) is -0.495. The standard InChI is InChI=1S/C15H18N2O3S/c1-10-7-17(8-12(20-10)15(18)19-2)9-14-16-11-5-3-4-6-13(11)21-14/h3-6,10,12H,7-9H2,1-2H3/t10-,12+/m1/s1. The molecule has 2 heterocycles. The van der Waals surface area contributed by atoms with Crippen LogP contribution in [0, 0.1) is 0 Å². The third-order valence-corrected chi connectivity index (χ3v) is 4.52. The molecule has 1 aromatic carbocycles. The van der Waals surface area contributed by atoms with Crippen LogP contribution in [0.4, 0.5) is 0 Å². The van der Waals surface area contributed by atoms with Crippen molar-refractivity contribution in [2.75, 3.05) is 20.2 Å². The fraction of sp³-hybridized carbons (Fsp3) is 0.467. The van der Waals surface area contributed by atoms with Gasteiger partial charge in [0.05, 0.1) is 30.0 Å². The number of hydrogen-bond donors (Lipinski definition) is 0. The molecule has 0 saturated carbocycles. The van der Waals surface area contributed by atoms with Crippen molar-refractivity contribution in [3.63, 3.8) is 0 Å². The van der Waals surface area contributed by atoms with Crippen LogP contribution in [0.5, 0.6) is 0 Å².